The number of benzene rings is 1. The van der Waals surface area contributed by atoms with Crippen LogP contribution in [0.4, 0.5) is 0 Å². The monoisotopic (exact) mass is 316 g/mol. The zero-order valence-electron chi connectivity index (χ0n) is 12.2. The van der Waals surface area contributed by atoms with Crippen molar-refractivity contribution in [3.05, 3.63) is 36.2 Å². The average molecular weight is 316 g/mol. The molecule has 1 aromatic carbocycles. The normalized spacial score (nSPS) is 14.6. The van der Waals surface area contributed by atoms with E-state index in [0.29, 0.717) is 18.1 Å². The van der Waals surface area contributed by atoms with Gasteiger partial charge in [-0.2, -0.15) is 0 Å². The van der Waals surface area contributed by atoms with Crippen LogP contribution >= 0.6 is 11.8 Å². The summed E-state index contributed by atoms with van der Waals surface area (Å²) in [6, 6.07) is 9.76. The van der Waals surface area contributed by atoms with E-state index in [1.165, 1.54) is 16.7 Å². The number of hydrogen-bond donors (Lipinski definition) is 0. The summed E-state index contributed by atoms with van der Waals surface area (Å²) in [5.41, 5.74) is 0.956. The molecule has 2 amide bonds. The number of likely N-dealkylation sites (tertiary alicyclic amines) is 1. The van der Waals surface area contributed by atoms with Crippen LogP contribution in [0.2, 0.25) is 0 Å². The highest BCUT2D eigenvalue weighted by Gasteiger charge is 2.26. The quantitative estimate of drug-likeness (QED) is 0.805. The van der Waals surface area contributed by atoms with Gasteiger partial charge in [0.1, 0.15) is 5.82 Å². The second-order valence-corrected chi connectivity index (χ2v) is 5.97. The Kier molecular flexibility index (Phi) is 4.24. The lowest BCUT2D eigenvalue weighted by molar-refractivity contribution is -0.140. The van der Waals surface area contributed by atoms with Gasteiger partial charge < -0.3 is 0 Å². The van der Waals surface area contributed by atoms with E-state index >= 15 is 0 Å². The van der Waals surface area contributed by atoms with Crippen LogP contribution in [0.5, 0.6) is 0 Å². The molecule has 22 heavy (non-hydrogen) atoms. The fourth-order valence-corrected chi connectivity index (χ4v) is 3.30. The molecular weight excluding hydrogens is 300 g/mol. The van der Waals surface area contributed by atoms with Gasteiger partial charge in [0.05, 0.1) is 5.75 Å². The van der Waals surface area contributed by atoms with Gasteiger partial charge in [0.2, 0.25) is 11.8 Å². The third kappa shape index (κ3) is 2.89. The number of nitrogens with zero attached hydrogens (tertiary/aromatic N) is 4. The van der Waals surface area contributed by atoms with Gasteiger partial charge in [-0.05, 0) is 25.5 Å². The number of aromatic nitrogens is 3. The van der Waals surface area contributed by atoms with Crippen LogP contribution < -0.4 is 0 Å². The number of rotatable bonds is 4. The second kappa shape index (κ2) is 6.31. The standard InChI is InChI=1S/C15H16N4O2S/c1-11-16-17-15(19(11)12-6-3-2-4-7-12)22-10-14(21)18-9-5-8-13(18)20/h2-4,6-7H,5,8-10H2,1H3. The molecule has 7 heteroatoms. The van der Waals surface area contributed by atoms with Crippen molar-refractivity contribution in [1.82, 2.24) is 19.7 Å². The summed E-state index contributed by atoms with van der Waals surface area (Å²) in [5.74, 6) is 0.717. The Morgan fingerprint density at radius 3 is 2.73 bits per heavy atom. The van der Waals surface area contributed by atoms with Crippen LogP contribution in [0.25, 0.3) is 5.69 Å². The van der Waals surface area contributed by atoms with Crippen LogP contribution in [-0.2, 0) is 9.59 Å². The van der Waals surface area contributed by atoms with E-state index in [2.05, 4.69) is 10.2 Å². The maximum Gasteiger partial charge on any atom is 0.239 e. The summed E-state index contributed by atoms with van der Waals surface area (Å²) in [4.78, 5) is 25.0. The molecule has 0 atom stereocenters. The molecule has 0 bridgehead atoms. The lowest BCUT2D eigenvalue weighted by Gasteiger charge is -2.13. The lowest BCUT2D eigenvalue weighted by atomic mass is 10.3. The SMILES string of the molecule is Cc1nnc(SCC(=O)N2CCCC2=O)n1-c1ccccc1. The third-order valence-electron chi connectivity index (χ3n) is 3.51. The van der Waals surface area contributed by atoms with Crippen LogP contribution in [0.15, 0.2) is 35.5 Å². The zero-order valence-corrected chi connectivity index (χ0v) is 13.0. The molecular formula is C15H16N4O2S. The van der Waals surface area contributed by atoms with E-state index in [1.54, 1.807) is 0 Å². The molecule has 6 nitrogen and oxygen atoms in total. The van der Waals surface area contributed by atoms with Gasteiger partial charge in [-0.1, -0.05) is 30.0 Å². The summed E-state index contributed by atoms with van der Waals surface area (Å²) in [6.07, 6.45) is 1.23. The van der Waals surface area contributed by atoms with E-state index in [1.807, 2.05) is 41.8 Å². The van der Waals surface area contributed by atoms with Gasteiger partial charge in [0, 0.05) is 18.7 Å². The van der Waals surface area contributed by atoms with Crippen molar-refractivity contribution >= 4 is 23.6 Å². The van der Waals surface area contributed by atoms with E-state index in [4.69, 9.17) is 0 Å². The van der Waals surface area contributed by atoms with Gasteiger partial charge in [-0.25, -0.2) is 0 Å². The van der Waals surface area contributed by atoms with Crippen LogP contribution in [0.3, 0.4) is 0 Å². The van der Waals surface area contributed by atoms with Gasteiger partial charge >= 0.3 is 0 Å². The molecule has 0 radical (unpaired) electrons. The van der Waals surface area contributed by atoms with Crippen molar-refractivity contribution in [1.29, 1.82) is 0 Å². The second-order valence-electron chi connectivity index (χ2n) is 5.03. The highest BCUT2D eigenvalue weighted by molar-refractivity contribution is 7.99. The predicted molar refractivity (Wildman–Crippen MR) is 82.8 cm³/mol. The summed E-state index contributed by atoms with van der Waals surface area (Å²) in [7, 11) is 0. The zero-order chi connectivity index (χ0) is 15.5. The molecule has 0 N–H and O–H groups in total. The van der Waals surface area contributed by atoms with Crippen molar-refractivity contribution in [2.75, 3.05) is 12.3 Å². The van der Waals surface area contributed by atoms with Crippen LogP contribution in [0.1, 0.15) is 18.7 Å². The maximum atomic E-state index is 12.1. The fraction of sp³-hybridized carbons (Fsp3) is 0.333. The minimum Gasteiger partial charge on any atom is -0.282 e. The van der Waals surface area contributed by atoms with E-state index < -0.39 is 0 Å². The number of aryl methyl sites for hydroxylation is 1. The molecule has 0 saturated carbocycles. The first-order chi connectivity index (χ1) is 10.7. The Hall–Kier alpha value is -2.15. The largest absolute Gasteiger partial charge is 0.282 e. The van der Waals surface area contributed by atoms with Gasteiger partial charge in [-0.15, -0.1) is 10.2 Å². The van der Waals surface area contributed by atoms with E-state index in [0.717, 1.165) is 17.9 Å². The first kappa shape index (κ1) is 14.8. The molecule has 2 aromatic rings. The van der Waals surface area contributed by atoms with Crippen LogP contribution in [0, 0.1) is 6.92 Å². The van der Waals surface area contributed by atoms with Crippen molar-refractivity contribution in [2.45, 2.75) is 24.9 Å². The predicted octanol–water partition coefficient (Wildman–Crippen LogP) is 1.82. The Morgan fingerprint density at radius 1 is 1.27 bits per heavy atom. The summed E-state index contributed by atoms with van der Waals surface area (Å²) >= 11 is 1.31. The Labute approximate surface area is 132 Å². The minimum atomic E-state index is -0.159. The molecule has 114 valence electrons. The molecule has 1 fully saturated rings. The Bertz CT molecular complexity index is 699. The molecule has 3 rings (SSSR count). The van der Waals surface area contributed by atoms with E-state index in [9.17, 15) is 9.59 Å². The molecule has 0 spiro atoms. The summed E-state index contributed by atoms with van der Waals surface area (Å²) < 4.78 is 1.91. The van der Waals surface area contributed by atoms with Crippen molar-refractivity contribution in [2.24, 2.45) is 0 Å². The summed E-state index contributed by atoms with van der Waals surface area (Å²) in [5, 5.41) is 8.87. The molecule has 1 aliphatic rings. The highest BCUT2D eigenvalue weighted by atomic mass is 32.2. The number of para-hydroxylation sites is 1. The number of imide groups is 1. The van der Waals surface area contributed by atoms with Crippen molar-refractivity contribution in [3.63, 3.8) is 0 Å². The Balaban J connectivity index is 1.74. The highest BCUT2D eigenvalue weighted by Crippen LogP contribution is 2.22. The minimum absolute atomic E-state index is 0.0775. The van der Waals surface area contributed by atoms with Gasteiger partial charge in [0.25, 0.3) is 0 Å². The molecule has 1 saturated heterocycles. The smallest absolute Gasteiger partial charge is 0.239 e. The topological polar surface area (TPSA) is 68.1 Å². The first-order valence-electron chi connectivity index (χ1n) is 7.10. The van der Waals surface area contributed by atoms with Gasteiger partial charge in [-0.3, -0.25) is 19.1 Å². The maximum absolute atomic E-state index is 12.1. The molecule has 0 unspecified atom stereocenters. The average Bonchev–Trinajstić information content (AvgIpc) is 3.11. The Morgan fingerprint density at radius 2 is 2.05 bits per heavy atom. The molecule has 1 aromatic heterocycles. The van der Waals surface area contributed by atoms with E-state index in [-0.39, 0.29) is 17.6 Å². The third-order valence-corrected chi connectivity index (χ3v) is 4.42. The van der Waals surface area contributed by atoms with Crippen molar-refractivity contribution < 1.29 is 9.59 Å². The summed E-state index contributed by atoms with van der Waals surface area (Å²) in [6.45, 7) is 2.40. The van der Waals surface area contributed by atoms with Crippen LogP contribution in [-0.4, -0.2) is 43.8 Å². The fourth-order valence-electron chi connectivity index (χ4n) is 2.43. The first-order valence-corrected chi connectivity index (χ1v) is 8.09. The number of amides is 2. The molecule has 2 heterocycles. The number of thioether (sulfide) groups is 1. The number of carbonyl (C=O) groups excluding carboxylic acids is 2. The molecule has 1 aliphatic heterocycles. The number of carbonyl (C=O) groups is 2. The molecule has 0 aliphatic carbocycles. The number of hydrogen-bond acceptors (Lipinski definition) is 5. The van der Waals surface area contributed by atoms with Crippen molar-refractivity contribution in [3.8, 4) is 5.69 Å². The van der Waals surface area contributed by atoms with Gasteiger partial charge in [0.15, 0.2) is 5.16 Å². The lowest BCUT2D eigenvalue weighted by Crippen LogP contribution is -2.33.